The molecule has 2 rings (SSSR count). The topological polar surface area (TPSA) is 39.9 Å². The molecule has 1 radical (unpaired) electrons. The Morgan fingerprint density at radius 3 is 2.50 bits per heavy atom. The maximum Gasteiger partial charge on any atom is 0.330 e. The van der Waals surface area contributed by atoms with E-state index in [0.29, 0.717) is 12.4 Å². The number of thiol groups is 1. The molecule has 1 aromatic heterocycles. The highest BCUT2D eigenvalue weighted by Gasteiger charge is 1.99. The Morgan fingerprint density at radius 2 is 1.88 bits per heavy atom. The molecule has 0 saturated carbocycles. The predicted molar refractivity (Wildman–Crippen MR) is 66.6 cm³/mol. The Kier molecular flexibility index (Phi) is 4.01. The lowest BCUT2D eigenvalue weighted by Crippen LogP contribution is -2.18. The van der Waals surface area contributed by atoms with Gasteiger partial charge in [0.05, 0.1) is 18.1 Å². The highest BCUT2D eigenvalue weighted by molar-refractivity contribution is 7.80. The van der Waals surface area contributed by atoms with Gasteiger partial charge in [0, 0.05) is 12.4 Å². The molecule has 0 unspecified atom stereocenters. The van der Waals surface area contributed by atoms with Crippen molar-refractivity contribution in [2.24, 2.45) is 0 Å². The van der Waals surface area contributed by atoms with Crippen molar-refractivity contribution in [3.05, 3.63) is 36.7 Å². The Hall–Kier alpha value is -1.27. The van der Waals surface area contributed by atoms with Gasteiger partial charge in [-0.05, 0) is 12.1 Å². The number of aromatic nitrogens is 3. The van der Waals surface area contributed by atoms with E-state index in [-0.39, 0.29) is 0 Å². The molecule has 0 bridgehead atoms. The average molecular weight is 232 g/mol. The van der Waals surface area contributed by atoms with Crippen LogP contribution in [0.5, 0.6) is 0 Å². The summed E-state index contributed by atoms with van der Waals surface area (Å²) in [6.45, 7) is 0.617. The van der Waals surface area contributed by atoms with Crippen LogP contribution in [0.3, 0.4) is 0 Å². The second-order valence-electron chi connectivity index (χ2n) is 3.12. The molecule has 4 nitrogen and oxygen atoms in total. The van der Waals surface area contributed by atoms with E-state index in [4.69, 9.17) is 4.65 Å². The minimum atomic E-state index is 0.617. The maximum absolute atomic E-state index is 5.26. The fourth-order valence-corrected chi connectivity index (χ4v) is 1.35. The van der Waals surface area contributed by atoms with Crippen LogP contribution in [0.4, 0.5) is 0 Å². The van der Waals surface area contributed by atoms with Gasteiger partial charge < -0.3 is 4.65 Å². The summed E-state index contributed by atoms with van der Waals surface area (Å²) in [5.41, 5.74) is 1.94. The van der Waals surface area contributed by atoms with Crippen LogP contribution in [-0.2, 0) is 4.65 Å². The molecule has 0 aliphatic rings. The Balaban J connectivity index is 2.00. The first kappa shape index (κ1) is 11.2. The zero-order valence-electron chi connectivity index (χ0n) is 8.65. The van der Waals surface area contributed by atoms with Crippen molar-refractivity contribution >= 4 is 25.6 Å². The third-order valence-electron chi connectivity index (χ3n) is 1.97. The second kappa shape index (κ2) is 5.72. The van der Waals surface area contributed by atoms with Crippen LogP contribution >= 0.6 is 12.6 Å². The van der Waals surface area contributed by atoms with Crippen LogP contribution in [0.15, 0.2) is 36.7 Å². The predicted octanol–water partition coefficient (Wildman–Crippen LogP) is 0.458. The molecule has 0 amide bonds. The fourth-order valence-electron chi connectivity index (χ4n) is 1.24. The monoisotopic (exact) mass is 232 g/mol. The van der Waals surface area contributed by atoms with E-state index in [9.17, 15) is 0 Å². The van der Waals surface area contributed by atoms with Gasteiger partial charge in [0.25, 0.3) is 0 Å². The van der Waals surface area contributed by atoms with Crippen LogP contribution in [0.1, 0.15) is 0 Å². The molecule has 0 N–H and O–H groups in total. The first-order valence-electron chi connectivity index (χ1n) is 4.92. The Bertz CT molecular complexity index is 418. The summed E-state index contributed by atoms with van der Waals surface area (Å²) in [5, 5.41) is 8.09. The van der Waals surface area contributed by atoms with Gasteiger partial charge in [-0.2, -0.15) is 27.6 Å². The first-order valence-corrected chi connectivity index (χ1v) is 5.56. The van der Waals surface area contributed by atoms with Crippen molar-refractivity contribution in [3.8, 4) is 5.69 Å². The van der Waals surface area contributed by atoms with Gasteiger partial charge >= 0.3 is 7.48 Å². The van der Waals surface area contributed by atoms with Crippen molar-refractivity contribution in [2.75, 3.05) is 12.4 Å². The molecule has 0 aliphatic carbocycles. The van der Waals surface area contributed by atoms with E-state index < -0.39 is 0 Å². The lowest BCUT2D eigenvalue weighted by atomic mass is 9.88. The summed E-state index contributed by atoms with van der Waals surface area (Å²) in [5.74, 6) is 0.714. The summed E-state index contributed by atoms with van der Waals surface area (Å²) in [6, 6.07) is 7.79. The van der Waals surface area contributed by atoms with Crippen molar-refractivity contribution in [2.45, 2.75) is 0 Å². The Labute approximate surface area is 100 Å². The van der Waals surface area contributed by atoms with E-state index in [2.05, 4.69) is 22.8 Å². The van der Waals surface area contributed by atoms with Gasteiger partial charge in [0.2, 0.25) is 0 Å². The number of nitrogens with zero attached hydrogens (tertiary/aromatic N) is 3. The summed E-state index contributed by atoms with van der Waals surface area (Å²) in [7, 11) is 1.72. The van der Waals surface area contributed by atoms with E-state index in [1.54, 1.807) is 24.7 Å². The largest absolute Gasteiger partial charge is 0.433 e. The van der Waals surface area contributed by atoms with Gasteiger partial charge in [-0.25, -0.2) is 0 Å². The van der Waals surface area contributed by atoms with Crippen LogP contribution in [-0.4, -0.2) is 34.8 Å². The van der Waals surface area contributed by atoms with Crippen molar-refractivity contribution in [1.82, 2.24) is 15.0 Å². The number of hydrogen-bond acceptors (Lipinski definition) is 4. The molecule has 81 valence electrons. The minimum Gasteiger partial charge on any atom is -0.433 e. The molecular weight excluding hydrogens is 221 g/mol. The van der Waals surface area contributed by atoms with Crippen LogP contribution < -0.4 is 5.46 Å². The molecule has 16 heavy (non-hydrogen) atoms. The molecular formula is C10H11BN3OS. The van der Waals surface area contributed by atoms with Crippen LogP contribution in [0.25, 0.3) is 5.69 Å². The second-order valence-corrected chi connectivity index (χ2v) is 3.57. The number of hydrogen-bond donors (Lipinski definition) is 1. The summed E-state index contributed by atoms with van der Waals surface area (Å²) >= 11 is 4.06. The molecule has 0 saturated heterocycles. The Morgan fingerprint density at radius 1 is 1.19 bits per heavy atom. The zero-order chi connectivity index (χ0) is 11.2. The summed E-state index contributed by atoms with van der Waals surface area (Å²) < 4.78 is 5.26. The molecule has 0 aliphatic heterocycles. The van der Waals surface area contributed by atoms with Gasteiger partial charge in [-0.1, -0.05) is 17.6 Å². The van der Waals surface area contributed by atoms with Gasteiger partial charge in [0.1, 0.15) is 0 Å². The molecule has 0 spiro atoms. The van der Waals surface area contributed by atoms with Crippen molar-refractivity contribution in [1.29, 1.82) is 0 Å². The van der Waals surface area contributed by atoms with Crippen LogP contribution in [0, 0.1) is 0 Å². The van der Waals surface area contributed by atoms with Crippen LogP contribution in [0.2, 0.25) is 0 Å². The molecule has 1 heterocycles. The van der Waals surface area contributed by atoms with Crippen molar-refractivity contribution < 1.29 is 4.65 Å². The van der Waals surface area contributed by atoms with E-state index >= 15 is 0 Å². The molecule has 0 fully saturated rings. The normalized spacial score (nSPS) is 10.3. The van der Waals surface area contributed by atoms with Gasteiger partial charge in [0.15, 0.2) is 0 Å². The third-order valence-corrected chi connectivity index (χ3v) is 2.15. The maximum atomic E-state index is 5.26. The average Bonchev–Trinajstić information content (AvgIpc) is 2.84. The molecule has 2 aromatic rings. The standard InChI is InChI=1S/C10H11BN3OS/c16-8-7-15-11-9-1-3-10(4-2-9)14-12-5-6-13-14/h1-6,16H,7-8H2. The van der Waals surface area contributed by atoms with E-state index in [1.165, 1.54) is 0 Å². The van der Waals surface area contributed by atoms with Gasteiger partial charge in [-0.15, -0.1) is 0 Å². The van der Waals surface area contributed by atoms with E-state index in [1.807, 2.05) is 24.3 Å². The van der Waals surface area contributed by atoms with Gasteiger partial charge in [-0.3, -0.25) is 0 Å². The highest BCUT2D eigenvalue weighted by atomic mass is 32.1. The molecule has 0 atom stereocenters. The summed E-state index contributed by atoms with van der Waals surface area (Å²) in [4.78, 5) is 1.57. The third kappa shape index (κ3) is 2.87. The fraction of sp³-hybridized carbons (Fsp3) is 0.200. The molecule has 6 heteroatoms. The molecule has 1 aromatic carbocycles. The SMILES string of the molecule is SCCO[B]c1ccc(-n2nccn2)cc1. The lowest BCUT2D eigenvalue weighted by Gasteiger charge is -2.02. The number of benzene rings is 1. The zero-order valence-corrected chi connectivity index (χ0v) is 9.55. The van der Waals surface area contributed by atoms with E-state index in [0.717, 1.165) is 11.2 Å². The summed E-state index contributed by atoms with van der Waals surface area (Å²) in [6.07, 6.45) is 3.30. The lowest BCUT2D eigenvalue weighted by molar-refractivity contribution is 0.372. The minimum absolute atomic E-state index is 0.617. The van der Waals surface area contributed by atoms with Crippen molar-refractivity contribution in [3.63, 3.8) is 0 Å². The number of rotatable bonds is 5. The highest BCUT2D eigenvalue weighted by Crippen LogP contribution is 2.00. The quantitative estimate of drug-likeness (QED) is 0.462. The first-order chi connectivity index (χ1) is 7.90. The smallest absolute Gasteiger partial charge is 0.330 e.